The van der Waals surface area contributed by atoms with Crippen LogP contribution < -0.4 is 5.32 Å². The van der Waals surface area contributed by atoms with Crippen molar-refractivity contribution in [1.29, 1.82) is 0 Å². The first-order valence-corrected chi connectivity index (χ1v) is 8.64. The Balaban J connectivity index is 1.66. The average Bonchev–Trinajstić information content (AvgIpc) is 2.53. The summed E-state index contributed by atoms with van der Waals surface area (Å²) in [6.45, 7) is 4.10. The van der Waals surface area contributed by atoms with Crippen molar-refractivity contribution in [3.63, 3.8) is 0 Å². The number of hydrogen-bond acceptors (Lipinski definition) is 2. The lowest BCUT2D eigenvalue weighted by atomic mass is 9.63. The minimum atomic E-state index is -0.0130. The number of hydrogen-bond donors (Lipinski definition) is 1. The second kappa shape index (κ2) is 6.45. The molecule has 2 heterocycles. The number of anilines is 1. The van der Waals surface area contributed by atoms with Crippen LogP contribution in [0, 0.1) is 11.3 Å². The number of amides is 2. The van der Waals surface area contributed by atoms with Gasteiger partial charge in [0.1, 0.15) is 5.15 Å². The average molecular weight is 322 g/mol. The third kappa shape index (κ3) is 3.22. The number of aromatic nitrogens is 1. The highest BCUT2D eigenvalue weighted by Crippen LogP contribution is 2.46. The zero-order valence-corrected chi connectivity index (χ0v) is 13.9. The SMILES string of the molecule is CC1CCN(C(=O)Nc2ccc(Cl)nc2)CC12CCCCC2. The van der Waals surface area contributed by atoms with E-state index in [0.717, 1.165) is 19.5 Å². The molecule has 4 nitrogen and oxygen atoms in total. The Hall–Kier alpha value is -1.29. The number of likely N-dealkylation sites (tertiary alicyclic amines) is 1. The third-order valence-electron chi connectivity index (χ3n) is 5.50. The van der Waals surface area contributed by atoms with Gasteiger partial charge in [0.25, 0.3) is 0 Å². The number of pyridine rings is 1. The highest BCUT2D eigenvalue weighted by Gasteiger charge is 2.42. The summed E-state index contributed by atoms with van der Waals surface area (Å²) in [5.74, 6) is 0.717. The van der Waals surface area contributed by atoms with E-state index in [9.17, 15) is 4.79 Å². The maximum Gasteiger partial charge on any atom is 0.321 e. The Kier molecular flexibility index (Phi) is 4.57. The molecule has 1 N–H and O–H groups in total. The molecule has 22 heavy (non-hydrogen) atoms. The largest absolute Gasteiger partial charge is 0.324 e. The molecule has 0 bridgehead atoms. The summed E-state index contributed by atoms with van der Waals surface area (Å²) in [6.07, 6.45) is 9.19. The highest BCUT2D eigenvalue weighted by molar-refractivity contribution is 6.29. The van der Waals surface area contributed by atoms with Crippen LogP contribution in [0.25, 0.3) is 0 Å². The molecule has 1 saturated heterocycles. The Morgan fingerprint density at radius 2 is 2.14 bits per heavy atom. The second-order valence-corrected chi connectivity index (χ2v) is 7.22. The number of nitrogens with zero attached hydrogens (tertiary/aromatic N) is 2. The molecule has 2 fully saturated rings. The van der Waals surface area contributed by atoms with Crippen LogP contribution in [-0.4, -0.2) is 29.0 Å². The molecule has 1 aliphatic carbocycles. The molecular weight excluding hydrogens is 298 g/mol. The van der Waals surface area contributed by atoms with E-state index in [4.69, 9.17) is 11.6 Å². The highest BCUT2D eigenvalue weighted by atomic mass is 35.5. The van der Waals surface area contributed by atoms with Crippen molar-refractivity contribution in [2.45, 2.75) is 45.4 Å². The third-order valence-corrected chi connectivity index (χ3v) is 5.72. The fourth-order valence-corrected chi connectivity index (χ4v) is 4.11. The lowest BCUT2D eigenvalue weighted by molar-refractivity contribution is 0.0237. The van der Waals surface area contributed by atoms with Crippen LogP contribution in [0.15, 0.2) is 18.3 Å². The van der Waals surface area contributed by atoms with Gasteiger partial charge in [0.05, 0.1) is 11.9 Å². The molecule has 1 saturated carbocycles. The first kappa shape index (κ1) is 15.6. The number of nitrogens with one attached hydrogen (secondary N) is 1. The van der Waals surface area contributed by atoms with Gasteiger partial charge in [0.15, 0.2) is 0 Å². The van der Waals surface area contributed by atoms with E-state index >= 15 is 0 Å². The Bertz CT molecular complexity index is 525. The van der Waals surface area contributed by atoms with Crippen LogP contribution in [-0.2, 0) is 0 Å². The van der Waals surface area contributed by atoms with Crippen molar-refractivity contribution in [3.05, 3.63) is 23.5 Å². The molecule has 1 aromatic heterocycles. The number of rotatable bonds is 1. The summed E-state index contributed by atoms with van der Waals surface area (Å²) in [5.41, 5.74) is 1.04. The van der Waals surface area contributed by atoms with Gasteiger partial charge in [-0.3, -0.25) is 0 Å². The molecule has 1 unspecified atom stereocenters. The monoisotopic (exact) mass is 321 g/mol. The van der Waals surface area contributed by atoms with Gasteiger partial charge in [0.2, 0.25) is 0 Å². The maximum absolute atomic E-state index is 12.5. The zero-order valence-electron chi connectivity index (χ0n) is 13.1. The summed E-state index contributed by atoms with van der Waals surface area (Å²) in [7, 11) is 0. The molecular formula is C17H24ClN3O. The first-order chi connectivity index (χ1) is 10.6. The van der Waals surface area contributed by atoms with Crippen LogP contribution in [0.1, 0.15) is 45.4 Å². The van der Waals surface area contributed by atoms with E-state index in [2.05, 4.69) is 17.2 Å². The van der Waals surface area contributed by atoms with Gasteiger partial charge in [-0.15, -0.1) is 0 Å². The summed E-state index contributed by atoms with van der Waals surface area (Å²) < 4.78 is 0. The number of piperidine rings is 1. The van der Waals surface area contributed by atoms with E-state index < -0.39 is 0 Å². The smallest absolute Gasteiger partial charge is 0.321 e. The van der Waals surface area contributed by atoms with Crippen LogP contribution in [0.2, 0.25) is 5.15 Å². The summed E-state index contributed by atoms with van der Waals surface area (Å²) in [6, 6.07) is 3.47. The minimum Gasteiger partial charge on any atom is -0.324 e. The maximum atomic E-state index is 12.5. The van der Waals surface area contributed by atoms with Crippen LogP contribution in [0.5, 0.6) is 0 Å². The quantitative estimate of drug-likeness (QED) is 0.771. The molecule has 1 spiro atoms. The molecule has 0 aromatic carbocycles. The Morgan fingerprint density at radius 3 is 2.82 bits per heavy atom. The summed E-state index contributed by atoms with van der Waals surface area (Å²) in [4.78, 5) is 18.5. The standard InChI is InChI=1S/C17H24ClN3O/c1-13-7-10-21(12-17(13)8-3-2-4-9-17)16(22)20-14-5-6-15(18)19-11-14/h5-6,11,13H,2-4,7-10,12H2,1H3,(H,20,22). The fourth-order valence-electron chi connectivity index (χ4n) is 4.00. The molecule has 1 aromatic rings. The van der Waals surface area contributed by atoms with Crippen LogP contribution in [0.4, 0.5) is 10.5 Å². The lowest BCUT2D eigenvalue weighted by Crippen LogP contribution is -2.52. The normalized spacial score (nSPS) is 24.3. The van der Waals surface area contributed by atoms with Crippen molar-refractivity contribution in [2.24, 2.45) is 11.3 Å². The van der Waals surface area contributed by atoms with Gasteiger partial charge in [-0.25, -0.2) is 9.78 Å². The van der Waals surface area contributed by atoms with Gasteiger partial charge in [0, 0.05) is 13.1 Å². The number of urea groups is 1. The molecule has 5 heteroatoms. The summed E-state index contributed by atoms with van der Waals surface area (Å²) in [5, 5.41) is 3.38. The molecule has 2 amide bonds. The van der Waals surface area contributed by atoms with E-state index in [-0.39, 0.29) is 6.03 Å². The van der Waals surface area contributed by atoms with Crippen LogP contribution in [0.3, 0.4) is 0 Å². The fraction of sp³-hybridized carbons (Fsp3) is 0.647. The predicted octanol–water partition coefficient (Wildman–Crippen LogP) is 4.56. The molecule has 2 aliphatic rings. The number of carbonyl (C=O) groups is 1. The van der Waals surface area contributed by atoms with Gasteiger partial charge in [-0.05, 0) is 42.7 Å². The Labute approximate surface area is 137 Å². The number of halogens is 1. The van der Waals surface area contributed by atoms with Crippen molar-refractivity contribution in [3.8, 4) is 0 Å². The van der Waals surface area contributed by atoms with E-state index in [1.807, 2.05) is 4.90 Å². The van der Waals surface area contributed by atoms with Crippen molar-refractivity contribution < 1.29 is 4.79 Å². The van der Waals surface area contributed by atoms with Crippen molar-refractivity contribution in [1.82, 2.24) is 9.88 Å². The molecule has 1 atom stereocenters. The molecule has 3 rings (SSSR count). The van der Waals surface area contributed by atoms with E-state index in [0.29, 0.717) is 22.2 Å². The number of carbonyl (C=O) groups excluding carboxylic acids is 1. The van der Waals surface area contributed by atoms with Crippen LogP contribution >= 0.6 is 11.6 Å². The molecule has 0 radical (unpaired) electrons. The van der Waals surface area contributed by atoms with E-state index in [1.165, 1.54) is 32.1 Å². The van der Waals surface area contributed by atoms with Gasteiger partial charge in [-0.1, -0.05) is 37.8 Å². The van der Waals surface area contributed by atoms with Gasteiger partial charge < -0.3 is 10.2 Å². The predicted molar refractivity (Wildman–Crippen MR) is 89.1 cm³/mol. The van der Waals surface area contributed by atoms with E-state index in [1.54, 1.807) is 18.3 Å². The minimum absolute atomic E-state index is 0.0130. The van der Waals surface area contributed by atoms with Crippen molar-refractivity contribution >= 4 is 23.3 Å². The Morgan fingerprint density at radius 1 is 1.36 bits per heavy atom. The van der Waals surface area contributed by atoms with Gasteiger partial charge >= 0.3 is 6.03 Å². The van der Waals surface area contributed by atoms with Gasteiger partial charge in [-0.2, -0.15) is 0 Å². The topological polar surface area (TPSA) is 45.2 Å². The van der Waals surface area contributed by atoms with Crippen molar-refractivity contribution in [2.75, 3.05) is 18.4 Å². The second-order valence-electron chi connectivity index (χ2n) is 6.83. The summed E-state index contributed by atoms with van der Waals surface area (Å²) >= 11 is 5.78. The molecule has 1 aliphatic heterocycles. The zero-order chi connectivity index (χ0) is 15.6. The molecule has 120 valence electrons. The lowest BCUT2D eigenvalue weighted by Gasteiger charge is -2.49. The first-order valence-electron chi connectivity index (χ1n) is 8.27.